The van der Waals surface area contributed by atoms with Gasteiger partial charge in [-0.15, -0.1) is 12.4 Å². The highest BCUT2D eigenvalue weighted by Crippen LogP contribution is 2.36. The number of benzene rings is 1. The molecule has 0 saturated heterocycles. The van der Waals surface area contributed by atoms with Gasteiger partial charge in [-0.2, -0.15) is 0 Å². The number of phenols is 1. The van der Waals surface area contributed by atoms with Crippen LogP contribution in [-0.2, 0) is 12.0 Å². The molecular weight excluding hydrogens is 238 g/mol. The highest BCUT2D eigenvalue weighted by molar-refractivity contribution is 5.85. The lowest BCUT2D eigenvalue weighted by molar-refractivity contribution is 0.327. The van der Waals surface area contributed by atoms with E-state index in [1.54, 1.807) is 6.07 Å². The van der Waals surface area contributed by atoms with Gasteiger partial charge in [-0.25, -0.2) is 0 Å². The number of rotatable bonds is 3. The van der Waals surface area contributed by atoms with Crippen LogP contribution in [0.25, 0.3) is 0 Å². The second-order valence-corrected chi connectivity index (χ2v) is 4.86. The maximum atomic E-state index is 9.75. The van der Waals surface area contributed by atoms with Crippen LogP contribution in [0.15, 0.2) is 12.1 Å². The monoisotopic (exact) mass is 259 g/mol. The van der Waals surface area contributed by atoms with E-state index in [1.165, 1.54) is 0 Å². The Balaban J connectivity index is 0.00000256. The predicted octanol–water partition coefficient (Wildman–Crippen LogP) is 2.97. The first-order chi connectivity index (χ1) is 7.40. The molecule has 0 heterocycles. The van der Waals surface area contributed by atoms with E-state index < -0.39 is 0 Å². The standard InChI is InChI=1S/C13H21NO2.ClH/c1-5-16-12-7-11(15)9(8-14)6-10(12)13(2,3)4;/h6-7,15H,5,8,14H2,1-4H3;1H. The SMILES string of the molecule is CCOc1cc(O)c(CN)cc1C(C)(C)C.Cl. The van der Waals surface area contributed by atoms with Crippen molar-refractivity contribution in [3.8, 4) is 11.5 Å². The van der Waals surface area contributed by atoms with Crippen LogP contribution in [0.2, 0.25) is 0 Å². The Morgan fingerprint density at radius 3 is 2.29 bits per heavy atom. The fraction of sp³-hybridized carbons (Fsp3) is 0.538. The fourth-order valence-electron chi connectivity index (χ4n) is 1.64. The number of hydrogen-bond acceptors (Lipinski definition) is 3. The average Bonchev–Trinajstić information content (AvgIpc) is 2.16. The van der Waals surface area contributed by atoms with Gasteiger partial charge in [-0.05, 0) is 18.4 Å². The van der Waals surface area contributed by atoms with Gasteiger partial charge in [0.05, 0.1) is 6.61 Å². The van der Waals surface area contributed by atoms with Crippen LogP contribution in [0.4, 0.5) is 0 Å². The Morgan fingerprint density at radius 1 is 1.29 bits per heavy atom. The molecule has 1 aromatic carbocycles. The number of nitrogens with two attached hydrogens (primary N) is 1. The third-order valence-electron chi connectivity index (χ3n) is 2.51. The van der Waals surface area contributed by atoms with Gasteiger partial charge in [0.2, 0.25) is 0 Å². The Hall–Kier alpha value is -0.930. The van der Waals surface area contributed by atoms with Crippen molar-refractivity contribution in [2.45, 2.75) is 39.7 Å². The molecule has 0 radical (unpaired) electrons. The first-order valence-corrected chi connectivity index (χ1v) is 5.59. The van der Waals surface area contributed by atoms with Crippen molar-refractivity contribution in [3.63, 3.8) is 0 Å². The molecule has 17 heavy (non-hydrogen) atoms. The second kappa shape index (κ2) is 6.12. The molecule has 3 nitrogen and oxygen atoms in total. The van der Waals surface area contributed by atoms with Crippen LogP contribution in [0.3, 0.4) is 0 Å². The number of phenolic OH excluding ortho intramolecular Hbond substituents is 1. The van der Waals surface area contributed by atoms with Crippen LogP contribution < -0.4 is 10.5 Å². The van der Waals surface area contributed by atoms with Crippen molar-refractivity contribution in [2.75, 3.05) is 6.61 Å². The van der Waals surface area contributed by atoms with Crippen molar-refractivity contribution in [1.29, 1.82) is 0 Å². The van der Waals surface area contributed by atoms with E-state index in [-0.39, 0.29) is 23.6 Å². The molecule has 4 heteroatoms. The molecule has 0 bridgehead atoms. The second-order valence-electron chi connectivity index (χ2n) is 4.86. The van der Waals surface area contributed by atoms with Crippen molar-refractivity contribution in [2.24, 2.45) is 5.73 Å². The molecule has 0 spiro atoms. The average molecular weight is 260 g/mol. The van der Waals surface area contributed by atoms with Gasteiger partial charge in [0, 0.05) is 23.7 Å². The van der Waals surface area contributed by atoms with E-state index >= 15 is 0 Å². The van der Waals surface area contributed by atoms with Crippen LogP contribution in [0.5, 0.6) is 11.5 Å². The van der Waals surface area contributed by atoms with Crippen LogP contribution >= 0.6 is 12.4 Å². The maximum Gasteiger partial charge on any atom is 0.126 e. The highest BCUT2D eigenvalue weighted by atomic mass is 35.5. The normalized spacial score (nSPS) is 10.9. The minimum atomic E-state index is -0.0257. The Bertz CT molecular complexity index is 372. The minimum Gasteiger partial charge on any atom is -0.507 e. The number of aromatic hydroxyl groups is 1. The lowest BCUT2D eigenvalue weighted by Crippen LogP contribution is -2.14. The van der Waals surface area contributed by atoms with E-state index in [1.807, 2.05) is 13.0 Å². The van der Waals surface area contributed by atoms with Gasteiger partial charge in [-0.3, -0.25) is 0 Å². The van der Waals surface area contributed by atoms with Crippen LogP contribution in [-0.4, -0.2) is 11.7 Å². The van der Waals surface area contributed by atoms with Gasteiger partial charge in [0.25, 0.3) is 0 Å². The lowest BCUT2D eigenvalue weighted by Gasteiger charge is -2.24. The van der Waals surface area contributed by atoms with E-state index in [4.69, 9.17) is 10.5 Å². The summed E-state index contributed by atoms with van der Waals surface area (Å²) in [5, 5.41) is 9.75. The summed E-state index contributed by atoms with van der Waals surface area (Å²) in [6.07, 6.45) is 0. The third-order valence-corrected chi connectivity index (χ3v) is 2.51. The zero-order valence-electron chi connectivity index (χ0n) is 10.9. The molecule has 0 fully saturated rings. The first kappa shape index (κ1) is 16.1. The molecule has 0 amide bonds. The Labute approximate surface area is 109 Å². The summed E-state index contributed by atoms with van der Waals surface area (Å²) in [4.78, 5) is 0. The molecule has 0 aliphatic rings. The molecule has 0 saturated carbocycles. The predicted molar refractivity (Wildman–Crippen MR) is 73.1 cm³/mol. The molecule has 0 aromatic heterocycles. The minimum absolute atomic E-state index is 0. The smallest absolute Gasteiger partial charge is 0.126 e. The molecule has 0 atom stereocenters. The van der Waals surface area contributed by atoms with Gasteiger partial charge >= 0.3 is 0 Å². The van der Waals surface area contributed by atoms with Gasteiger partial charge < -0.3 is 15.6 Å². The lowest BCUT2D eigenvalue weighted by atomic mass is 9.85. The van der Waals surface area contributed by atoms with Gasteiger partial charge in [0.1, 0.15) is 11.5 Å². The molecule has 1 rings (SSSR count). The Kier molecular flexibility index (Phi) is 5.79. The molecule has 0 aliphatic carbocycles. The molecular formula is C13H22ClNO2. The number of halogens is 1. The summed E-state index contributed by atoms with van der Waals surface area (Å²) in [6.45, 7) is 9.19. The molecule has 3 N–H and O–H groups in total. The molecule has 0 unspecified atom stereocenters. The van der Waals surface area contributed by atoms with E-state index in [2.05, 4.69) is 20.8 Å². The number of ether oxygens (including phenoxy) is 1. The first-order valence-electron chi connectivity index (χ1n) is 5.59. The van der Waals surface area contributed by atoms with Gasteiger partial charge in [-0.1, -0.05) is 20.8 Å². The summed E-state index contributed by atoms with van der Waals surface area (Å²) < 4.78 is 5.54. The Morgan fingerprint density at radius 2 is 1.88 bits per heavy atom. The zero-order chi connectivity index (χ0) is 12.3. The molecule has 98 valence electrons. The van der Waals surface area contributed by atoms with Crippen LogP contribution in [0, 0.1) is 0 Å². The highest BCUT2D eigenvalue weighted by Gasteiger charge is 2.21. The van der Waals surface area contributed by atoms with E-state index in [0.717, 1.165) is 16.9 Å². The molecule has 1 aromatic rings. The number of hydrogen-bond donors (Lipinski definition) is 2. The van der Waals surface area contributed by atoms with Crippen molar-refractivity contribution < 1.29 is 9.84 Å². The van der Waals surface area contributed by atoms with Crippen molar-refractivity contribution >= 4 is 12.4 Å². The fourth-order valence-corrected chi connectivity index (χ4v) is 1.64. The van der Waals surface area contributed by atoms with Crippen LogP contribution in [0.1, 0.15) is 38.8 Å². The van der Waals surface area contributed by atoms with E-state index in [0.29, 0.717) is 13.2 Å². The summed E-state index contributed by atoms with van der Waals surface area (Å²) in [5.74, 6) is 0.948. The zero-order valence-corrected chi connectivity index (χ0v) is 11.7. The summed E-state index contributed by atoms with van der Waals surface area (Å²) in [6, 6.07) is 3.59. The van der Waals surface area contributed by atoms with Crippen molar-refractivity contribution in [3.05, 3.63) is 23.3 Å². The summed E-state index contributed by atoms with van der Waals surface area (Å²) in [7, 11) is 0. The molecule has 0 aliphatic heterocycles. The van der Waals surface area contributed by atoms with Crippen molar-refractivity contribution in [1.82, 2.24) is 0 Å². The van der Waals surface area contributed by atoms with Gasteiger partial charge in [0.15, 0.2) is 0 Å². The quantitative estimate of drug-likeness (QED) is 0.878. The third kappa shape index (κ3) is 3.79. The van der Waals surface area contributed by atoms with E-state index in [9.17, 15) is 5.11 Å². The maximum absolute atomic E-state index is 9.75. The summed E-state index contributed by atoms with van der Waals surface area (Å²) >= 11 is 0. The topological polar surface area (TPSA) is 55.5 Å². The largest absolute Gasteiger partial charge is 0.507 e. The summed E-state index contributed by atoms with van der Waals surface area (Å²) in [5.41, 5.74) is 7.39.